The maximum Gasteiger partial charge on any atom is 0.343 e. The third-order valence-electron chi connectivity index (χ3n) is 4.68. The zero-order valence-corrected chi connectivity index (χ0v) is 14.1. The molecule has 0 spiro atoms. The molecule has 1 aliphatic rings. The predicted molar refractivity (Wildman–Crippen MR) is 91.6 cm³/mol. The Balaban J connectivity index is 1.79. The van der Waals surface area contributed by atoms with E-state index in [1.165, 1.54) is 26.3 Å². The molecular weight excluding hydrogens is 304 g/mol. The number of rotatable bonds is 5. The van der Waals surface area contributed by atoms with Crippen LogP contribution in [0.3, 0.4) is 0 Å². The molecule has 1 aromatic heterocycles. The van der Waals surface area contributed by atoms with Crippen molar-refractivity contribution < 1.29 is 4.79 Å². The fourth-order valence-corrected chi connectivity index (χ4v) is 3.35. The molecule has 2 aromatic rings. The number of benzene rings is 1. The molecule has 3 rings (SSSR count). The van der Waals surface area contributed by atoms with E-state index in [2.05, 4.69) is 10.1 Å². The van der Waals surface area contributed by atoms with Crippen LogP contribution in [0.4, 0.5) is 0 Å². The molecule has 0 unspecified atom stereocenters. The smallest absolute Gasteiger partial charge is 0.331 e. The van der Waals surface area contributed by atoms with E-state index in [-0.39, 0.29) is 17.4 Å². The summed E-state index contributed by atoms with van der Waals surface area (Å²) in [5.74, 6) is 0.443. The second-order valence-electron chi connectivity index (χ2n) is 6.58. The first-order valence-electron chi connectivity index (χ1n) is 8.60. The summed E-state index contributed by atoms with van der Waals surface area (Å²) in [5, 5.41) is 4.02. The number of aryl methyl sites for hydroxylation is 1. The number of amides is 1. The monoisotopic (exact) mass is 328 g/mol. The maximum atomic E-state index is 12.9. The van der Waals surface area contributed by atoms with Crippen molar-refractivity contribution in [3.05, 3.63) is 52.2 Å². The lowest BCUT2D eigenvalue weighted by atomic mass is 9.89. The first kappa shape index (κ1) is 16.5. The molecule has 6 nitrogen and oxygen atoms in total. The van der Waals surface area contributed by atoms with Crippen LogP contribution in [-0.2, 0) is 13.6 Å². The van der Waals surface area contributed by atoms with E-state index in [0.29, 0.717) is 19.0 Å². The third kappa shape index (κ3) is 3.93. The number of aromatic nitrogens is 3. The van der Waals surface area contributed by atoms with Crippen LogP contribution in [0, 0.1) is 5.92 Å². The summed E-state index contributed by atoms with van der Waals surface area (Å²) in [7, 11) is 1.54. The third-order valence-corrected chi connectivity index (χ3v) is 4.68. The number of hydrogen-bond donors (Lipinski definition) is 1. The molecule has 1 fully saturated rings. The first-order chi connectivity index (χ1) is 11.6. The van der Waals surface area contributed by atoms with Crippen molar-refractivity contribution in [2.45, 2.75) is 38.6 Å². The standard InChI is InChI=1S/C18H24N4O2/c1-21-18(24)19-16(20-21)17(23)22(12-14-8-4-2-5-9-14)13-15-10-6-3-7-11-15/h2,4-5,8-9,15H,3,6-7,10-13H2,1H3,(H,19,20,24). The fourth-order valence-electron chi connectivity index (χ4n) is 3.35. The van der Waals surface area contributed by atoms with E-state index in [4.69, 9.17) is 0 Å². The summed E-state index contributed by atoms with van der Waals surface area (Å²) in [6.07, 6.45) is 6.09. The van der Waals surface area contributed by atoms with Gasteiger partial charge in [0.15, 0.2) is 0 Å². The van der Waals surface area contributed by atoms with Crippen molar-refractivity contribution in [2.24, 2.45) is 13.0 Å². The number of carbonyl (C=O) groups excluding carboxylic acids is 1. The van der Waals surface area contributed by atoms with Crippen LogP contribution < -0.4 is 5.69 Å². The SMILES string of the molecule is Cn1nc(C(=O)N(Cc2ccccc2)CC2CCCCC2)[nH]c1=O. The number of nitrogens with zero attached hydrogens (tertiary/aromatic N) is 3. The molecule has 1 aromatic carbocycles. The molecule has 6 heteroatoms. The van der Waals surface area contributed by atoms with Gasteiger partial charge in [0.05, 0.1) is 0 Å². The molecule has 24 heavy (non-hydrogen) atoms. The Morgan fingerprint density at radius 1 is 1.25 bits per heavy atom. The van der Waals surface area contributed by atoms with Gasteiger partial charge in [0.1, 0.15) is 0 Å². The lowest BCUT2D eigenvalue weighted by Gasteiger charge is -2.29. The number of nitrogens with one attached hydrogen (secondary N) is 1. The van der Waals surface area contributed by atoms with Crippen LogP contribution >= 0.6 is 0 Å². The Bertz CT molecular complexity index is 729. The topological polar surface area (TPSA) is 71.0 Å². The summed E-state index contributed by atoms with van der Waals surface area (Å²) in [6, 6.07) is 9.94. The maximum absolute atomic E-state index is 12.9. The van der Waals surface area contributed by atoms with Crippen molar-refractivity contribution in [1.82, 2.24) is 19.7 Å². The van der Waals surface area contributed by atoms with Crippen LogP contribution in [0.5, 0.6) is 0 Å². The minimum atomic E-state index is -0.365. The molecule has 0 saturated heterocycles. The molecule has 1 amide bonds. The first-order valence-corrected chi connectivity index (χ1v) is 8.60. The van der Waals surface area contributed by atoms with Crippen molar-refractivity contribution in [2.75, 3.05) is 6.54 Å². The van der Waals surface area contributed by atoms with Gasteiger partial charge in [-0.15, -0.1) is 5.10 Å². The van der Waals surface area contributed by atoms with Gasteiger partial charge in [-0.2, -0.15) is 0 Å². The zero-order chi connectivity index (χ0) is 16.9. The molecule has 0 radical (unpaired) electrons. The quantitative estimate of drug-likeness (QED) is 0.916. The number of hydrogen-bond acceptors (Lipinski definition) is 3. The summed E-state index contributed by atoms with van der Waals surface area (Å²) in [6.45, 7) is 1.25. The summed E-state index contributed by atoms with van der Waals surface area (Å²) in [4.78, 5) is 28.8. The van der Waals surface area contributed by atoms with Gasteiger partial charge in [-0.3, -0.25) is 9.78 Å². The minimum absolute atomic E-state index is 0.120. The van der Waals surface area contributed by atoms with Gasteiger partial charge in [0.2, 0.25) is 5.82 Å². The minimum Gasteiger partial charge on any atom is -0.331 e. The van der Waals surface area contributed by atoms with Crippen LogP contribution in [0.15, 0.2) is 35.1 Å². The molecule has 0 atom stereocenters. The number of aromatic amines is 1. The number of H-pyrrole nitrogens is 1. The van der Waals surface area contributed by atoms with Crippen molar-refractivity contribution in [3.8, 4) is 0 Å². The van der Waals surface area contributed by atoms with Crippen molar-refractivity contribution in [3.63, 3.8) is 0 Å². The molecule has 128 valence electrons. The van der Waals surface area contributed by atoms with E-state index in [1.54, 1.807) is 0 Å². The van der Waals surface area contributed by atoms with Gasteiger partial charge < -0.3 is 4.90 Å². The summed E-state index contributed by atoms with van der Waals surface area (Å²) < 4.78 is 1.16. The Morgan fingerprint density at radius 2 is 1.96 bits per heavy atom. The zero-order valence-electron chi connectivity index (χ0n) is 14.1. The highest BCUT2D eigenvalue weighted by molar-refractivity contribution is 5.90. The fraction of sp³-hybridized carbons (Fsp3) is 0.500. The van der Waals surface area contributed by atoms with Crippen LogP contribution in [-0.4, -0.2) is 32.1 Å². The largest absolute Gasteiger partial charge is 0.343 e. The Labute approximate surface area is 141 Å². The van der Waals surface area contributed by atoms with Crippen LogP contribution in [0.2, 0.25) is 0 Å². The summed E-state index contributed by atoms with van der Waals surface area (Å²) >= 11 is 0. The van der Waals surface area contributed by atoms with Crippen LogP contribution in [0.1, 0.15) is 48.3 Å². The Morgan fingerprint density at radius 3 is 2.58 bits per heavy atom. The van der Waals surface area contributed by atoms with Gasteiger partial charge in [0, 0.05) is 20.1 Å². The molecule has 1 N–H and O–H groups in total. The van der Waals surface area contributed by atoms with Crippen LogP contribution in [0.25, 0.3) is 0 Å². The van der Waals surface area contributed by atoms with Gasteiger partial charge in [-0.05, 0) is 24.3 Å². The highest BCUT2D eigenvalue weighted by Crippen LogP contribution is 2.25. The second-order valence-corrected chi connectivity index (χ2v) is 6.58. The van der Waals surface area contributed by atoms with Crippen molar-refractivity contribution in [1.29, 1.82) is 0 Å². The van der Waals surface area contributed by atoms with Gasteiger partial charge >= 0.3 is 5.69 Å². The van der Waals surface area contributed by atoms with E-state index in [9.17, 15) is 9.59 Å². The lowest BCUT2D eigenvalue weighted by Crippen LogP contribution is -2.36. The van der Waals surface area contributed by atoms with Gasteiger partial charge in [-0.25, -0.2) is 9.48 Å². The molecule has 1 saturated carbocycles. The van der Waals surface area contributed by atoms with Gasteiger partial charge in [0.25, 0.3) is 5.91 Å². The normalized spacial score (nSPS) is 15.4. The molecule has 0 bridgehead atoms. The molecular formula is C18H24N4O2. The Hall–Kier alpha value is -2.37. The average molecular weight is 328 g/mol. The van der Waals surface area contributed by atoms with E-state index >= 15 is 0 Å². The number of carbonyl (C=O) groups is 1. The highest BCUT2D eigenvalue weighted by atomic mass is 16.2. The molecule has 1 aliphatic carbocycles. The van der Waals surface area contributed by atoms with Gasteiger partial charge in [-0.1, -0.05) is 49.6 Å². The lowest BCUT2D eigenvalue weighted by molar-refractivity contribution is 0.0686. The molecule has 1 heterocycles. The van der Waals surface area contributed by atoms with E-state index < -0.39 is 0 Å². The predicted octanol–water partition coefficient (Wildman–Crippen LogP) is 2.33. The average Bonchev–Trinajstić information content (AvgIpc) is 2.94. The Kier molecular flexibility index (Phi) is 5.13. The highest BCUT2D eigenvalue weighted by Gasteiger charge is 2.24. The second kappa shape index (κ2) is 7.47. The molecule has 0 aliphatic heterocycles. The summed E-state index contributed by atoms with van der Waals surface area (Å²) in [5.41, 5.74) is 0.718. The van der Waals surface area contributed by atoms with Crippen molar-refractivity contribution >= 4 is 5.91 Å². The van der Waals surface area contributed by atoms with E-state index in [0.717, 1.165) is 23.1 Å². The van der Waals surface area contributed by atoms with E-state index in [1.807, 2.05) is 35.2 Å².